The van der Waals surface area contributed by atoms with Gasteiger partial charge in [-0.15, -0.1) is 0 Å². The molecule has 18 heavy (non-hydrogen) atoms. The number of benzene rings is 1. The molecule has 0 saturated carbocycles. The van der Waals surface area contributed by atoms with Crippen LogP contribution in [0.15, 0.2) is 18.2 Å². The summed E-state index contributed by atoms with van der Waals surface area (Å²) in [5.74, 6) is 0. The molecule has 2 rings (SSSR count). The van der Waals surface area contributed by atoms with E-state index in [9.17, 15) is 5.26 Å². The topological polar surface area (TPSA) is 40.8 Å². The van der Waals surface area contributed by atoms with Crippen LogP contribution in [0.1, 0.15) is 30.7 Å². The number of aryl methyl sites for hydroxylation is 2. The fourth-order valence-electron chi connectivity index (χ4n) is 2.26. The number of aromatic nitrogens is 1. The van der Waals surface area contributed by atoms with E-state index in [4.69, 9.17) is 0 Å². The number of hydrogen-bond donors (Lipinski definition) is 1. The lowest BCUT2D eigenvalue weighted by atomic mass is 10.1. The van der Waals surface area contributed by atoms with Crippen molar-refractivity contribution < 1.29 is 0 Å². The molecule has 0 spiro atoms. The van der Waals surface area contributed by atoms with Gasteiger partial charge in [-0.2, -0.15) is 5.26 Å². The van der Waals surface area contributed by atoms with Gasteiger partial charge >= 0.3 is 0 Å². The molecule has 2 aromatic rings. The van der Waals surface area contributed by atoms with Crippen molar-refractivity contribution >= 4 is 10.9 Å². The number of fused-ring (bicyclic) bond motifs is 1. The Morgan fingerprint density at radius 2 is 2.11 bits per heavy atom. The molecule has 0 aliphatic carbocycles. The number of rotatable bonds is 3. The summed E-state index contributed by atoms with van der Waals surface area (Å²) in [5.41, 5.74) is 4.21. The Hall–Kier alpha value is -1.79. The van der Waals surface area contributed by atoms with E-state index in [2.05, 4.69) is 50.4 Å². The minimum absolute atomic E-state index is 0.414. The van der Waals surface area contributed by atoms with Crippen molar-refractivity contribution in [3.8, 4) is 6.07 Å². The zero-order valence-corrected chi connectivity index (χ0v) is 11.4. The summed E-state index contributed by atoms with van der Waals surface area (Å²) in [7, 11) is 1.95. The van der Waals surface area contributed by atoms with Gasteiger partial charge in [-0.05, 0) is 19.1 Å². The van der Waals surface area contributed by atoms with Gasteiger partial charge in [0.25, 0.3) is 0 Å². The monoisotopic (exact) mass is 241 g/mol. The second-order valence-corrected chi connectivity index (χ2v) is 5.05. The van der Waals surface area contributed by atoms with Crippen LogP contribution in [0, 0.1) is 18.3 Å². The van der Waals surface area contributed by atoms with Crippen LogP contribution in [0.25, 0.3) is 10.9 Å². The molecule has 3 nitrogen and oxygen atoms in total. The van der Waals surface area contributed by atoms with E-state index in [-0.39, 0.29) is 0 Å². The van der Waals surface area contributed by atoms with Crippen molar-refractivity contribution in [2.24, 2.45) is 7.05 Å². The van der Waals surface area contributed by atoms with Gasteiger partial charge in [0.1, 0.15) is 11.8 Å². The molecule has 1 aromatic heterocycles. The summed E-state index contributed by atoms with van der Waals surface area (Å²) in [6.07, 6.45) is 0. The summed E-state index contributed by atoms with van der Waals surface area (Å²) in [5, 5.41) is 13.9. The Morgan fingerprint density at radius 1 is 1.39 bits per heavy atom. The van der Waals surface area contributed by atoms with E-state index in [0.717, 1.165) is 23.3 Å². The lowest BCUT2D eigenvalue weighted by Crippen LogP contribution is -2.22. The van der Waals surface area contributed by atoms with E-state index < -0.39 is 0 Å². The average Bonchev–Trinajstić information content (AvgIpc) is 2.58. The first-order chi connectivity index (χ1) is 8.54. The number of nitrogens with zero attached hydrogens (tertiary/aromatic N) is 2. The molecular weight excluding hydrogens is 222 g/mol. The van der Waals surface area contributed by atoms with Crippen LogP contribution in [0.3, 0.4) is 0 Å². The molecule has 1 N–H and O–H groups in total. The summed E-state index contributed by atoms with van der Waals surface area (Å²) in [4.78, 5) is 0. The quantitative estimate of drug-likeness (QED) is 0.897. The summed E-state index contributed by atoms with van der Waals surface area (Å²) in [6, 6.07) is 9.07. The van der Waals surface area contributed by atoms with Crippen molar-refractivity contribution in [1.29, 1.82) is 5.26 Å². The zero-order chi connectivity index (χ0) is 13.3. The van der Waals surface area contributed by atoms with Gasteiger partial charge in [0, 0.05) is 36.1 Å². The fourth-order valence-corrected chi connectivity index (χ4v) is 2.26. The van der Waals surface area contributed by atoms with Gasteiger partial charge in [0.05, 0.1) is 0 Å². The van der Waals surface area contributed by atoms with E-state index in [1.165, 1.54) is 10.9 Å². The van der Waals surface area contributed by atoms with Gasteiger partial charge in [0.15, 0.2) is 0 Å². The summed E-state index contributed by atoms with van der Waals surface area (Å²) >= 11 is 0. The Kier molecular flexibility index (Phi) is 3.40. The maximum atomic E-state index is 9.34. The first kappa shape index (κ1) is 12.7. The highest BCUT2D eigenvalue weighted by Crippen LogP contribution is 2.26. The first-order valence-corrected chi connectivity index (χ1v) is 6.26. The van der Waals surface area contributed by atoms with Crippen molar-refractivity contribution in [3.63, 3.8) is 0 Å². The van der Waals surface area contributed by atoms with Gasteiger partial charge in [-0.3, -0.25) is 0 Å². The Bertz CT molecular complexity index is 615. The Labute approximate surface area is 108 Å². The zero-order valence-electron chi connectivity index (χ0n) is 11.4. The molecule has 0 atom stereocenters. The molecule has 0 fully saturated rings. The van der Waals surface area contributed by atoms with Gasteiger partial charge in [-0.25, -0.2) is 0 Å². The van der Waals surface area contributed by atoms with Crippen molar-refractivity contribution in [3.05, 3.63) is 35.0 Å². The average molecular weight is 241 g/mol. The number of nitriles is 1. The predicted molar refractivity (Wildman–Crippen MR) is 74.3 cm³/mol. The molecule has 0 unspecified atom stereocenters. The van der Waals surface area contributed by atoms with Gasteiger partial charge < -0.3 is 9.88 Å². The van der Waals surface area contributed by atoms with E-state index in [0.29, 0.717) is 6.04 Å². The first-order valence-electron chi connectivity index (χ1n) is 6.26. The van der Waals surface area contributed by atoms with Crippen LogP contribution in [0.5, 0.6) is 0 Å². The maximum absolute atomic E-state index is 9.34. The predicted octanol–water partition coefficient (Wildman–Crippen LogP) is 2.86. The smallest absolute Gasteiger partial charge is 0.125 e. The molecule has 0 radical (unpaired) electrons. The third-order valence-corrected chi connectivity index (χ3v) is 3.25. The normalized spacial score (nSPS) is 11.1. The van der Waals surface area contributed by atoms with Crippen molar-refractivity contribution in [2.45, 2.75) is 33.4 Å². The molecule has 0 bridgehead atoms. The largest absolute Gasteiger partial charge is 0.335 e. The second kappa shape index (κ2) is 4.83. The van der Waals surface area contributed by atoms with Crippen molar-refractivity contribution in [1.82, 2.24) is 9.88 Å². The highest BCUT2D eigenvalue weighted by atomic mass is 15.0. The maximum Gasteiger partial charge on any atom is 0.125 e. The molecule has 1 heterocycles. The van der Waals surface area contributed by atoms with Crippen LogP contribution in [-0.2, 0) is 13.6 Å². The Balaban J connectivity index is 2.61. The lowest BCUT2D eigenvalue weighted by Gasteiger charge is -2.07. The van der Waals surface area contributed by atoms with Crippen molar-refractivity contribution in [2.75, 3.05) is 0 Å². The molecule has 0 saturated heterocycles. The minimum atomic E-state index is 0.414. The van der Waals surface area contributed by atoms with E-state index >= 15 is 0 Å². The molecular formula is C15H19N3. The van der Waals surface area contributed by atoms with Gasteiger partial charge in [0.2, 0.25) is 0 Å². The summed E-state index contributed by atoms with van der Waals surface area (Å²) < 4.78 is 1.98. The molecule has 3 heteroatoms. The molecule has 0 amide bonds. The molecule has 0 aliphatic heterocycles. The van der Waals surface area contributed by atoms with Crippen LogP contribution in [0.2, 0.25) is 0 Å². The standard InChI is InChI=1S/C15H19N3/c1-10(2)17-9-13-12-7-11(3)5-6-14(12)18(4)15(13)8-16/h5-7,10,17H,9H2,1-4H3. The Morgan fingerprint density at radius 3 is 2.72 bits per heavy atom. The molecule has 94 valence electrons. The van der Waals surface area contributed by atoms with Crippen LogP contribution >= 0.6 is 0 Å². The molecule has 1 aromatic carbocycles. The third kappa shape index (κ3) is 2.12. The highest BCUT2D eigenvalue weighted by molar-refractivity contribution is 5.87. The van der Waals surface area contributed by atoms with Crippen LogP contribution in [0.4, 0.5) is 0 Å². The highest BCUT2D eigenvalue weighted by Gasteiger charge is 2.14. The number of hydrogen-bond acceptors (Lipinski definition) is 2. The number of nitrogens with one attached hydrogen (secondary N) is 1. The summed E-state index contributed by atoms with van der Waals surface area (Å²) in [6.45, 7) is 7.05. The lowest BCUT2D eigenvalue weighted by molar-refractivity contribution is 0.589. The van der Waals surface area contributed by atoms with Crippen LogP contribution in [-0.4, -0.2) is 10.6 Å². The minimum Gasteiger partial charge on any atom is -0.335 e. The SMILES string of the molecule is Cc1ccc2c(c1)c(CNC(C)C)c(C#N)n2C. The molecule has 0 aliphatic rings. The second-order valence-electron chi connectivity index (χ2n) is 5.05. The fraction of sp³-hybridized carbons (Fsp3) is 0.400. The van der Waals surface area contributed by atoms with Crippen LogP contribution < -0.4 is 5.32 Å². The third-order valence-electron chi connectivity index (χ3n) is 3.25. The van der Waals surface area contributed by atoms with E-state index in [1.54, 1.807) is 0 Å². The van der Waals surface area contributed by atoms with Gasteiger partial charge in [-0.1, -0.05) is 25.5 Å². The van der Waals surface area contributed by atoms with E-state index in [1.807, 2.05) is 11.6 Å².